The maximum Gasteiger partial charge on any atom is 0.494 e. The molecule has 0 saturated carbocycles. The van der Waals surface area contributed by atoms with Gasteiger partial charge in [0.2, 0.25) is 0 Å². The van der Waals surface area contributed by atoms with E-state index in [1.165, 1.54) is 54.6 Å². The van der Waals surface area contributed by atoms with Gasteiger partial charge in [-0.25, -0.2) is 4.98 Å². The standard InChI is InChI=1S/C49H39BN2O2/c1-48(2)49(3,4)54-50(53-48)37-27-23-34(24-28-37)47-51-43-19-11-12-20-44(43)52(47)38-29-25-33(26-30-38)45-39-15-7-9-17-41(39)46(42-18-10-8-16-40(42)45)36-22-21-32-13-5-6-14-35(32)31-36/h5-31H,1-4H3. The lowest BCUT2D eigenvalue weighted by molar-refractivity contribution is 0.00578. The first-order valence-electron chi connectivity index (χ1n) is 18.7. The molecule has 5 heteroatoms. The van der Waals surface area contributed by atoms with Crippen molar-refractivity contribution in [2.45, 2.75) is 38.9 Å². The zero-order valence-corrected chi connectivity index (χ0v) is 30.9. The van der Waals surface area contributed by atoms with Crippen molar-refractivity contribution in [1.29, 1.82) is 0 Å². The van der Waals surface area contributed by atoms with E-state index in [0.29, 0.717) is 0 Å². The van der Waals surface area contributed by atoms with Gasteiger partial charge in [0.1, 0.15) is 5.82 Å². The predicted octanol–water partition coefficient (Wildman–Crippen LogP) is 11.8. The van der Waals surface area contributed by atoms with Crippen molar-refractivity contribution in [3.05, 3.63) is 164 Å². The average Bonchev–Trinajstić information content (AvgIpc) is 3.69. The minimum absolute atomic E-state index is 0.395. The Balaban J connectivity index is 1.08. The third kappa shape index (κ3) is 5.19. The lowest BCUT2D eigenvalue weighted by Gasteiger charge is -2.32. The van der Waals surface area contributed by atoms with E-state index < -0.39 is 18.3 Å². The number of hydrogen-bond acceptors (Lipinski definition) is 3. The molecule has 0 radical (unpaired) electrons. The second-order valence-corrected chi connectivity index (χ2v) is 15.4. The maximum absolute atomic E-state index is 6.34. The molecule has 4 nitrogen and oxygen atoms in total. The molecule has 1 aromatic heterocycles. The van der Waals surface area contributed by atoms with E-state index in [9.17, 15) is 0 Å². The van der Waals surface area contributed by atoms with Crippen molar-refractivity contribution in [2.24, 2.45) is 0 Å². The fraction of sp³-hybridized carbons (Fsp3) is 0.122. The largest absolute Gasteiger partial charge is 0.494 e. The molecule has 0 aliphatic carbocycles. The highest BCUT2D eigenvalue weighted by Gasteiger charge is 2.51. The Morgan fingerprint density at radius 2 is 0.981 bits per heavy atom. The number of rotatable bonds is 5. The summed E-state index contributed by atoms with van der Waals surface area (Å²) in [5, 5.41) is 7.47. The Labute approximate surface area is 315 Å². The first kappa shape index (κ1) is 32.6. The Morgan fingerprint density at radius 3 is 1.61 bits per heavy atom. The molecule has 9 aromatic rings. The molecule has 1 aliphatic rings. The number of hydrogen-bond donors (Lipinski definition) is 0. The summed E-state index contributed by atoms with van der Waals surface area (Å²) in [6.07, 6.45) is 0. The Kier molecular flexibility index (Phi) is 7.42. The number of benzene rings is 8. The molecular formula is C49H39BN2O2. The van der Waals surface area contributed by atoms with Gasteiger partial charge in [0.25, 0.3) is 0 Å². The van der Waals surface area contributed by atoms with Gasteiger partial charge >= 0.3 is 7.12 Å². The highest BCUT2D eigenvalue weighted by molar-refractivity contribution is 6.62. The highest BCUT2D eigenvalue weighted by atomic mass is 16.7. The number of nitrogens with zero attached hydrogens (tertiary/aromatic N) is 2. The van der Waals surface area contributed by atoms with Crippen LogP contribution in [0.5, 0.6) is 0 Å². The van der Waals surface area contributed by atoms with E-state index in [4.69, 9.17) is 14.3 Å². The van der Waals surface area contributed by atoms with Crippen LogP contribution >= 0.6 is 0 Å². The van der Waals surface area contributed by atoms with Crippen molar-refractivity contribution >= 4 is 55.9 Å². The number of aromatic nitrogens is 2. The molecule has 0 atom stereocenters. The molecule has 10 rings (SSSR count). The van der Waals surface area contributed by atoms with Crippen LogP contribution in [0.2, 0.25) is 0 Å². The zero-order chi connectivity index (χ0) is 36.6. The first-order chi connectivity index (χ1) is 26.3. The molecule has 1 fully saturated rings. The highest BCUT2D eigenvalue weighted by Crippen LogP contribution is 2.44. The molecule has 0 amide bonds. The molecular weight excluding hydrogens is 659 g/mol. The maximum atomic E-state index is 6.34. The fourth-order valence-corrected chi connectivity index (χ4v) is 8.12. The third-order valence-corrected chi connectivity index (χ3v) is 11.6. The van der Waals surface area contributed by atoms with Crippen LogP contribution in [0.15, 0.2) is 164 Å². The molecule has 1 aliphatic heterocycles. The molecule has 2 heterocycles. The Hall–Kier alpha value is -6.01. The lowest BCUT2D eigenvalue weighted by Crippen LogP contribution is -2.41. The van der Waals surface area contributed by atoms with Gasteiger partial charge in [-0.3, -0.25) is 4.57 Å². The van der Waals surface area contributed by atoms with E-state index >= 15 is 0 Å². The molecule has 8 aromatic carbocycles. The van der Waals surface area contributed by atoms with Gasteiger partial charge in [0.05, 0.1) is 22.2 Å². The normalized spacial score (nSPS) is 15.1. The topological polar surface area (TPSA) is 36.3 Å². The van der Waals surface area contributed by atoms with Crippen LogP contribution in [0.25, 0.3) is 82.7 Å². The second kappa shape index (κ2) is 12.3. The van der Waals surface area contributed by atoms with Crippen molar-refractivity contribution in [2.75, 3.05) is 0 Å². The third-order valence-electron chi connectivity index (χ3n) is 11.6. The summed E-state index contributed by atoms with van der Waals surface area (Å²) < 4.78 is 14.9. The quantitative estimate of drug-likeness (QED) is 0.133. The van der Waals surface area contributed by atoms with Gasteiger partial charge in [0.15, 0.2) is 0 Å². The molecule has 260 valence electrons. The van der Waals surface area contributed by atoms with Crippen LogP contribution in [0.3, 0.4) is 0 Å². The van der Waals surface area contributed by atoms with Crippen molar-refractivity contribution in [1.82, 2.24) is 9.55 Å². The molecule has 0 unspecified atom stereocenters. The number of para-hydroxylation sites is 2. The molecule has 1 saturated heterocycles. The van der Waals surface area contributed by atoms with Crippen LogP contribution in [0, 0.1) is 0 Å². The van der Waals surface area contributed by atoms with Crippen molar-refractivity contribution in [3.8, 4) is 39.3 Å². The smallest absolute Gasteiger partial charge is 0.399 e. The number of fused-ring (bicyclic) bond motifs is 4. The van der Waals surface area contributed by atoms with Gasteiger partial charge in [0, 0.05) is 11.3 Å². The van der Waals surface area contributed by atoms with E-state index in [-0.39, 0.29) is 0 Å². The van der Waals surface area contributed by atoms with E-state index in [0.717, 1.165) is 33.6 Å². The van der Waals surface area contributed by atoms with Crippen molar-refractivity contribution < 1.29 is 9.31 Å². The lowest BCUT2D eigenvalue weighted by atomic mass is 9.79. The van der Waals surface area contributed by atoms with Crippen LogP contribution in [0.1, 0.15) is 27.7 Å². The number of imidazole rings is 1. The van der Waals surface area contributed by atoms with E-state index in [2.05, 4.69) is 190 Å². The second-order valence-electron chi connectivity index (χ2n) is 15.4. The van der Waals surface area contributed by atoms with Crippen LogP contribution < -0.4 is 5.46 Å². The van der Waals surface area contributed by atoms with Gasteiger partial charge in [-0.15, -0.1) is 0 Å². The van der Waals surface area contributed by atoms with Gasteiger partial charge in [-0.2, -0.15) is 0 Å². The van der Waals surface area contributed by atoms with Crippen LogP contribution in [-0.2, 0) is 9.31 Å². The fourth-order valence-electron chi connectivity index (χ4n) is 8.12. The van der Waals surface area contributed by atoms with E-state index in [1.807, 2.05) is 6.07 Å². The SMILES string of the molecule is CC1(C)OB(c2ccc(-c3nc4ccccc4n3-c3ccc(-c4c5ccccc5c(-c5ccc6ccccc6c5)c5ccccc45)cc3)cc2)OC1(C)C. The molecule has 0 spiro atoms. The van der Waals surface area contributed by atoms with Gasteiger partial charge < -0.3 is 9.31 Å². The molecule has 0 bridgehead atoms. The van der Waals surface area contributed by atoms with Crippen LogP contribution in [0.4, 0.5) is 0 Å². The first-order valence-corrected chi connectivity index (χ1v) is 18.7. The molecule has 54 heavy (non-hydrogen) atoms. The van der Waals surface area contributed by atoms with E-state index in [1.54, 1.807) is 0 Å². The minimum atomic E-state index is -0.413. The summed E-state index contributed by atoms with van der Waals surface area (Å²) >= 11 is 0. The zero-order valence-electron chi connectivity index (χ0n) is 30.9. The average molecular weight is 699 g/mol. The summed E-state index contributed by atoms with van der Waals surface area (Å²) in [4.78, 5) is 5.15. The summed E-state index contributed by atoms with van der Waals surface area (Å²) in [6.45, 7) is 8.34. The molecule has 0 N–H and O–H groups in total. The van der Waals surface area contributed by atoms with Gasteiger partial charge in [-0.05, 0) is 118 Å². The summed E-state index contributed by atoms with van der Waals surface area (Å²) in [7, 11) is -0.413. The summed E-state index contributed by atoms with van der Waals surface area (Å²) in [5.74, 6) is 0.889. The predicted molar refractivity (Wildman–Crippen MR) is 226 cm³/mol. The summed E-state index contributed by atoms with van der Waals surface area (Å²) in [5.41, 5.74) is 9.21. The Bertz CT molecular complexity index is 2820. The van der Waals surface area contributed by atoms with Gasteiger partial charge in [-0.1, -0.05) is 133 Å². The minimum Gasteiger partial charge on any atom is -0.399 e. The van der Waals surface area contributed by atoms with Crippen molar-refractivity contribution in [3.63, 3.8) is 0 Å². The summed E-state index contributed by atoms with van der Waals surface area (Å²) in [6, 6.07) is 58.9. The Morgan fingerprint density at radius 1 is 0.481 bits per heavy atom. The van der Waals surface area contributed by atoms with Crippen LogP contribution in [-0.4, -0.2) is 27.9 Å². The monoisotopic (exact) mass is 698 g/mol.